The quantitative estimate of drug-likeness (QED) is 0.203. The van der Waals surface area contributed by atoms with Crippen molar-refractivity contribution >= 4 is 69.8 Å². The first-order valence-corrected chi connectivity index (χ1v) is 12.7. The van der Waals surface area contributed by atoms with Gasteiger partial charge in [-0.2, -0.15) is 9.37 Å². The van der Waals surface area contributed by atoms with Gasteiger partial charge in [0, 0.05) is 5.69 Å². The summed E-state index contributed by atoms with van der Waals surface area (Å²) < 4.78 is 24.2. The molecule has 4 rings (SSSR count). The Morgan fingerprint density at radius 1 is 1.18 bits per heavy atom. The van der Waals surface area contributed by atoms with Crippen molar-refractivity contribution in [1.82, 2.24) is 14.9 Å². The number of hydrogen-bond donors (Lipinski definition) is 1. The van der Waals surface area contributed by atoms with Gasteiger partial charge in [-0.15, -0.1) is 0 Å². The molecule has 3 aromatic rings. The van der Waals surface area contributed by atoms with Crippen molar-refractivity contribution in [2.24, 2.45) is 0 Å². The molecular formula is C25H17Cl2FN4O6S. The minimum Gasteiger partial charge on any atom is -0.462 e. The van der Waals surface area contributed by atoms with Crippen LogP contribution in [-0.2, 0) is 14.3 Å². The van der Waals surface area contributed by atoms with E-state index < -0.39 is 35.4 Å². The zero-order valence-corrected chi connectivity index (χ0v) is 22.3. The second-order valence-electron chi connectivity index (χ2n) is 7.70. The predicted molar refractivity (Wildman–Crippen MR) is 142 cm³/mol. The van der Waals surface area contributed by atoms with Crippen LogP contribution in [0.3, 0.4) is 0 Å². The van der Waals surface area contributed by atoms with E-state index in [1.807, 2.05) is 0 Å². The van der Waals surface area contributed by atoms with Gasteiger partial charge in [0.2, 0.25) is 17.0 Å². The SMILES string of the molecule is CCOC(=O)c1cc(NC(=O)CN2C(=O)S/C(=C/c3cccc(Oc4nc(Cl)ncc4F)c3)C2=O)ccc1Cl. The lowest BCUT2D eigenvalue weighted by molar-refractivity contribution is -0.127. The first kappa shape index (κ1) is 28.0. The van der Waals surface area contributed by atoms with E-state index in [4.69, 9.17) is 32.7 Å². The molecule has 200 valence electrons. The maximum absolute atomic E-state index is 13.9. The molecule has 2 aromatic carbocycles. The summed E-state index contributed by atoms with van der Waals surface area (Å²) in [5, 5.41) is 1.83. The van der Waals surface area contributed by atoms with Gasteiger partial charge in [0.05, 0.1) is 28.3 Å². The fourth-order valence-corrected chi connectivity index (χ4v) is 4.44. The summed E-state index contributed by atoms with van der Waals surface area (Å²) in [6.45, 7) is 1.23. The maximum Gasteiger partial charge on any atom is 0.339 e. The number of nitrogens with zero attached hydrogens (tertiary/aromatic N) is 3. The number of amides is 3. The first-order chi connectivity index (χ1) is 18.6. The molecule has 0 radical (unpaired) electrons. The van der Waals surface area contributed by atoms with Crippen LogP contribution in [0.4, 0.5) is 14.9 Å². The van der Waals surface area contributed by atoms with Gasteiger partial charge in [0.15, 0.2) is 0 Å². The van der Waals surface area contributed by atoms with Gasteiger partial charge < -0.3 is 14.8 Å². The number of carbonyl (C=O) groups is 4. The average molecular weight is 591 g/mol. The molecule has 0 atom stereocenters. The van der Waals surface area contributed by atoms with Crippen LogP contribution < -0.4 is 10.1 Å². The van der Waals surface area contributed by atoms with E-state index in [1.165, 1.54) is 36.4 Å². The van der Waals surface area contributed by atoms with Crippen molar-refractivity contribution in [2.45, 2.75) is 6.92 Å². The molecule has 14 heteroatoms. The lowest BCUT2D eigenvalue weighted by Crippen LogP contribution is -2.36. The number of aromatic nitrogens is 2. The third-order valence-corrected chi connectivity index (χ3v) is 6.39. The van der Waals surface area contributed by atoms with Crippen molar-refractivity contribution in [2.75, 3.05) is 18.5 Å². The van der Waals surface area contributed by atoms with E-state index in [1.54, 1.807) is 19.1 Å². The number of esters is 1. The normalized spacial score (nSPS) is 14.1. The topological polar surface area (TPSA) is 128 Å². The third-order valence-electron chi connectivity index (χ3n) is 4.97. The summed E-state index contributed by atoms with van der Waals surface area (Å²) in [6.07, 6.45) is 2.30. The lowest BCUT2D eigenvalue weighted by atomic mass is 10.2. The van der Waals surface area contributed by atoms with E-state index in [9.17, 15) is 23.6 Å². The molecule has 0 aliphatic carbocycles. The standard InChI is InChI=1S/C25H17Cl2FN4O6S/c1-2-37-23(35)16-10-14(6-7-17(16)26)30-20(33)12-32-22(34)19(39-25(32)36)9-13-4-3-5-15(8-13)38-21-18(28)11-29-24(27)31-21/h3-11H,2,12H2,1H3,(H,30,33)/b19-9+. The number of carbonyl (C=O) groups excluding carboxylic acids is 4. The van der Waals surface area contributed by atoms with Gasteiger partial charge in [0.1, 0.15) is 12.3 Å². The van der Waals surface area contributed by atoms with Crippen LogP contribution >= 0.6 is 35.0 Å². The van der Waals surface area contributed by atoms with Gasteiger partial charge in [0.25, 0.3) is 17.0 Å². The fourth-order valence-electron chi connectivity index (χ4n) is 3.28. The summed E-state index contributed by atoms with van der Waals surface area (Å²) in [4.78, 5) is 58.0. The van der Waals surface area contributed by atoms with E-state index in [-0.39, 0.29) is 44.7 Å². The van der Waals surface area contributed by atoms with Crippen molar-refractivity contribution in [3.8, 4) is 11.6 Å². The molecule has 1 saturated heterocycles. The minimum absolute atomic E-state index is 0.0576. The van der Waals surface area contributed by atoms with Gasteiger partial charge in [-0.3, -0.25) is 19.3 Å². The van der Waals surface area contributed by atoms with Crippen LogP contribution in [0.25, 0.3) is 6.08 Å². The molecule has 0 bridgehead atoms. The molecule has 0 unspecified atom stereocenters. The van der Waals surface area contributed by atoms with E-state index in [0.29, 0.717) is 17.3 Å². The van der Waals surface area contributed by atoms with Gasteiger partial charge in [-0.25, -0.2) is 9.78 Å². The molecule has 1 aromatic heterocycles. The second kappa shape index (κ2) is 12.2. The van der Waals surface area contributed by atoms with Gasteiger partial charge in [-0.05, 0) is 72.3 Å². The molecule has 0 saturated carbocycles. The van der Waals surface area contributed by atoms with Crippen LogP contribution in [0.5, 0.6) is 11.6 Å². The Morgan fingerprint density at radius 2 is 1.97 bits per heavy atom. The highest BCUT2D eigenvalue weighted by Crippen LogP contribution is 2.33. The summed E-state index contributed by atoms with van der Waals surface area (Å²) in [7, 11) is 0. The van der Waals surface area contributed by atoms with Gasteiger partial charge in [-0.1, -0.05) is 23.7 Å². The molecular weight excluding hydrogens is 574 g/mol. The highest BCUT2D eigenvalue weighted by atomic mass is 35.5. The monoisotopic (exact) mass is 590 g/mol. The summed E-state index contributed by atoms with van der Waals surface area (Å²) >= 11 is 12.4. The molecule has 10 nitrogen and oxygen atoms in total. The van der Waals surface area contributed by atoms with Crippen molar-refractivity contribution in [1.29, 1.82) is 0 Å². The number of ether oxygens (including phenoxy) is 2. The zero-order chi connectivity index (χ0) is 28.1. The van der Waals surface area contributed by atoms with E-state index in [2.05, 4.69) is 15.3 Å². The number of nitrogens with one attached hydrogen (secondary N) is 1. The molecule has 1 N–H and O–H groups in total. The highest BCUT2D eigenvalue weighted by Gasteiger charge is 2.36. The van der Waals surface area contributed by atoms with Crippen LogP contribution in [0.2, 0.25) is 10.3 Å². The number of thioether (sulfide) groups is 1. The maximum atomic E-state index is 13.9. The third kappa shape index (κ3) is 6.91. The van der Waals surface area contributed by atoms with E-state index in [0.717, 1.165) is 11.1 Å². The molecule has 39 heavy (non-hydrogen) atoms. The second-order valence-corrected chi connectivity index (χ2v) is 9.44. The number of benzene rings is 2. The van der Waals surface area contributed by atoms with Crippen molar-refractivity contribution in [3.63, 3.8) is 0 Å². The zero-order valence-electron chi connectivity index (χ0n) is 19.9. The first-order valence-electron chi connectivity index (χ1n) is 11.1. The summed E-state index contributed by atoms with van der Waals surface area (Å²) in [5.74, 6) is -3.01. The summed E-state index contributed by atoms with van der Waals surface area (Å²) in [6, 6.07) is 10.5. The number of halogens is 3. The Balaban J connectivity index is 1.44. The smallest absolute Gasteiger partial charge is 0.339 e. The molecule has 1 aliphatic rings. The van der Waals surface area contributed by atoms with Crippen LogP contribution in [0.1, 0.15) is 22.8 Å². The predicted octanol–water partition coefficient (Wildman–Crippen LogP) is 5.57. The highest BCUT2D eigenvalue weighted by molar-refractivity contribution is 8.18. The fraction of sp³-hybridized carbons (Fsp3) is 0.120. The van der Waals surface area contributed by atoms with E-state index >= 15 is 0 Å². The largest absolute Gasteiger partial charge is 0.462 e. The Labute approximate surface area is 235 Å². The Kier molecular flexibility index (Phi) is 8.79. The molecule has 2 heterocycles. The van der Waals surface area contributed by atoms with Crippen LogP contribution in [0.15, 0.2) is 53.6 Å². The number of rotatable bonds is 8. The Hall–Kier alpha value is -4.00. The number of anilines is 1. The number of hydrogen-bond acceptors (Lipinski definition) is 9. The molecule has 3 amide bonds. The Morgan fingerprint density at radius 3 is 2.74 bits per heavy atom. The molecule has 1 fully saturated rings. The number of imide groups is 1. The van der Waals surface area contributed by atoms with Crippen molar-refractivity contribution < 1.29 is 33.0 Å². The lowest BCUT2D eigenvalue weighted by Gasteiger charge is -2.13. The Bertz CT molecular complexity index is 1520. The van der Waals surface area contributed by atoms with Crippen LogP contribution in [0, 0.1) is 5.82 Å². The van der Waals surface area contributed by atoms with Gasteiger partial charge >= 0.3 is 5.97 Å². The van der Waals surface area contributed by atoms with Crippen molar-refractivity contribution in [3.05, 3.63) is 80.8 Å². The minimum atomic E-state index is -0.820. The molecule has 1 aliphatic heterocycles. The summed E-state index contributed by atoms with van der Waals surface area (Å²) in [5.41, 5.74) is 0.756. The molecule has 0 spiro atoms. The van der Waals surface area contributed by atoms with Crippen LogP contribution in [-0.4, -0.2) is 51.0 Å². The average Bonchev–Trinajstić information content (AvgIpc) is 3.15.